The van der Waals surface area contributed by atoms with Crippen molar-refractivity contribution in [2.24, 2.45) is 0 Å². The van der Waals surface area contributed by atoms with Crippen molar-refractivity contribution in [2.75, 3.05) is 0 Å². The van der Waals surface area contributed by atoms with Crippen molar-refractivity contribution in [3.05, 3.63) is 65.8 Å². The van der Waals surface area contributed by atoms with Gasteiger partial charge in [0, 0.05) is 11.1 Å². The van der Waals surface area contributed by atoms with Crippen molar-refractivity contribution in [1.82, 2.24) is 4.98 Å². The van der Waals surface area contributed by atoms with Crippen molar-refractivity contribution in [2.45, 2.75) is 0 Å². The topological polar surface area (TPSA) is 26.0 Å². The summed E-state index contributed by atoms with van der Waals surface area (Å²) < 4.78 is 18.7. The van der Waals surface area contributed by atoms with Crippen LogP contribution in [0.4, 0.5) is 4.39 Å². The van der Waals surface area contributed by atoms with Crippen LogP contribution in [0.25, 0.3) is 22.6 Å². The van der Waals surface area contributed by atoms with Gasteiger partial charge in [0.05, 0.1) is 0 Å². The molecule has 2 nitrogen and oxygen atoms in total. The quantitative estimate of drug-likeness (QED) is 0.670. The fraction of sp³-hybridized carbons (Fsp3) is 0. The highest BCUT2D eigenvalue weighted by atomic mass is 35.5. The Hall–Kier alpha value is -2.13. The highest BCUT2D eigenvalue weighted by Gasteiger charge is 2.16. The third-order valence-electron chi connectivity index (χ3n) is 2.74. The minimum atomic E-state index is -0.323. The molecule has 0 fully saturated rings. The van der Waals surface area contributed by atoms with Crippen LogP contribution in [0.1, 0.15) is 0 Å². The van der Waals surface area contributed by atoms with Crippen molar-refractivity contribution in [3.63, 3.8) is 0 Å². The molecule has 94 valence electrons. The predicted octanol–water partition coefficient (Wildman–Crippen LogP) is 4.80. The number of aromatic nitrogens is 1. The Balaban J connectivity index is 2.18. The number of hydrogen-bond donors (Lipinski definition) is 0. The van der Waals surface area contributed by atoms with Crippen LogP contribution in [0.2, 0.25) is 5.35 Å². The summed E-state index contributed by atoms with van der Waals surface area (Å²) in [6.07, 6.45) is 0. The summed E-state index contributed by atoms with van der Waals surface area (Å²) in [6.45, 7) is 0. The van der Waals surface area contributed by atoms with E-state index in [1.807, 2.05) is 30.3 Å². The second kappa shape index (κ2) is 4.86. The first-order valence-corrected chi connectivity index (χ1v) is 6.09. The van der Waals surface area contributed by atoms with Crippen LogP contribution in [-0.4, -0.2) is 4.98 Å². The third-order valence-corrected chi connectivity index (χ3v) is 2.90. The van der Waals surface area contributed by atoms with Crippen molar-refractivity contribution >= 4 is 11.6 Å². The monoisotopic (exact) mass is 273 g/mol. The molecule has 0 aliphatic carbocycles. The number of benzene rings is 2. The van der Waals surface area contributed by atoms with E-state index in [-0.39, 0.29) is 11.2 Å². The van der Waals surface area contributed by atoms with Gasteiger partial charge in [-0.3, -0.25) is 0 Å². The van der Waals surface area contributed by atoms with Crippen molar-refractivity contribution in [3.8, 4) is 22.6 Å². The van der Waals surface area contributed by atoms with Crippen LogP contribution in [0.5, 0.6) is 0 Å². The summed E-state index contributed by atoms with van der Waals surface area (Å²) in [5.74, 6) is 0.215. The summed E-state index contributed by atoms with van der Waals surface area (Å²) in [5.41, 5.74) is 2.02. The van der Waals surface area contributed by atoms with Gasteiger partial charge >= 0.3 is 0 Å². The standard InChI is InChI=1S/C15H9ClFNO/c16-15-18-13(11-7-4-8-12(17)9-11)14(19-15)10-5-2-1-3-6-10/h1-9H. The molecule has 0 saturated heterocycles. The zero-order valence-electron chi connectivity index (χ0n) is 9.81. The minimum absolute atomic E-state index is 0.0399. The molecule has 1 heterocycles. The third kappa shape index (κ3) is 2.37. The first kappa shape index (κ1) is 11.9. The van der Waals surface area contributed by atoms with Gasteiger partial charge in [-0.1, -0.05) is 42.5 Å². The molecule has 2 aromatic carbocycles. The number of hydrogen-bond acceptors (Lipinski definition) is 2. The van der Waals surface area contributed by atoms with Crippen LogP contribution in [0.3, 0.4) is 0 Å². The van der Waals surface area contributed by atoms with Crippen LogP contribution in [0.15, 0.2) is 59.0 Å². The lowest BCUT2D eigenvalue weighted by atomic mass is 10.1. The van der Waals surface area contributed by atoms with Gasteiger partial charge < -0.3 is 4.42 Å². The van der Waals surface area contributed by atoms with Crippen molar-refractivity contribution in [1.29, 1.82) is 0 Å². The molecule has 4 heteroatoms. The van der Waals surface area contributed by atoms with E-state index < -0.39 is 0 Å². The maximum absolute atomic E-state index is 13.3. The average molecular weight is 274 g/mol. The molecule has 0 unspecified atom stereocenters. The van der Waals surface area contributed by atoms with Crippen LogP contribution in [0, 0.1) is 5.82 Å². The van der Waals surface area contributed by atoms with Crippen LogP contribution >= 0.6 is 11.6 Å². The summed E-state index contributed by atoms with van der Waals surface area (Å²) in [7, 11) is 0. The van der Waals surface area contributed by atoms with Crippen LogP contribution in [-0.2, 0) is 0 Å². The minimum Gasteiger partial charge on any atom is -0.427 e. The fourth-order valence-electron chi connectivity index (χ4n) is 1.91. The summed E-state index contributed by atoms with van der Waals surface area (Å²) in [5, 5.41) is 0.0399. The zero-order valence-corrected chi connectivity index (χ0v) is 10.6. The number of oxazole rings is 1. The van der Waals surface area contributed by atoms with Gasteiger partial charge in [0.2, 0.25) is 0 Å². The van der Waals surface area contributed by atoms with Crippen molar-refractivity contribution < 1.29 is 8.81 Å². The Morgan fingerprint density at radius 2 is 1.68 bits per heavy atom. The first-order valence-electron chi connectivity index (χ1n) is 5.72. The molecular weight excluding hydrogens is 265 g/mol. The smallest absolute Gasteiger partial charge is 0.293 e. The van der Waals surface area contributed by atoms with Gasteiger partial charge in [-0.2, -0.15) is 4.98 Å². The number of rotatable bonds is 2. The SMILES string of the molecule is Fc1cccc(-c2nc(Cl)oc2-c2ccccc2)c1. The lowest BCUT2D eigenvalue weighted by molar-refractivity contribution is 0.574. The molecule has 0 atom stereocenters. The Morgan fingerprint density at radius 3 is 2.42 bits per heavy atom. The summed E-state index contributed by atoms with van der Waals surface area (Å²) >= 11 is 5.83. The van der Waals surface area contributed by atoms with E-state index in [9.17, 15) is 4.39 Å². The van der Waals surface area contributed by atoms with Gasteiger partial charge in [0.1, 0.15) is 11.5 Å². The number of halogens is 2. The Morgan fingerprint density at radius 1 is 0.947 bits per heavy atom. The second-order valence-corrected chi connectivity index (χ2v) is 4.34. The van der Waals surface area contributed by atoms with Gasteiger partial charge in [-0.15, -0.1) is 0 Å². The predicted molar refractivity (Wildman–Crippen MR) is 72.3 cm³/mol. The average Bonchev–Trinajstić information content (AvgIpc) is 2.82. The van der Waals surface area contributed by atoms with Crippen LogP contribution < -0.4 is 0 Å². The molecule has 0 radical (unpaired) electrons. The van der Waals surface area contributed by atoms with Gasteiger partial charge in [-0.05, 0) is 23.7 Å². The molecule has 19 heavy (non-hydrogen) atoms. The highest BCUT2D eigenvalue weighted by molar-refractivity contribution is 6.28. The molecular formula is C15H9ClFNO. The first-order chi connectivity index (χ1) is 9.24. The molecule has 3 rings (SSSR count). The molecule has 0 spiro atoms. The largest absolute Gasteiger partial charge is 0.427 e. The second-order valence-electron chi connectivity index (χ2n) is 4.02. The summed E-state index contributed by atoms with van der Waals surface area (Å²) in [4.78, 5) is 4.13. The molecule has 1 aromatic heterocycles. The Kier molecular flexibility index (Phi) is 3.05. The van der Waals surface area contributed by atoms with E-state index in [1.165, 1.54) is 12.1 Å². The molecule has 0 N–H and O–H groups in total. The molecule has 0 amide bonds. The van der Waals surface area contributed by atoms with Gasteiger partial charge in [0.25, 0.3) is 5.35 Å². The lowest BCUT2D eigenvalue weighted by Gasteiger charge is -2.01. The Bertz CT molecular complexity index is 709. The van der Waals surface area contributed by atoms with E-state index in [2.05, 4.69) is 4.98 Å². The van der Waals surface area contributed by atoms with Gasteiger partial charge in [0.15, 0.2) is 5.76 Å². The highest BCUT2D eigenvalue weighted by Crippen LogP contribution is 2.34. The normalized spacial score (nSPS) is 10.6. The van der Waals surface area contributed by atoms with E-state index in [1.54, 1.807) is 12.1 Å². The summed E-state index contributed by atoms with van der Waals surface area (Å²) in [6, 6.07) is 15.6. The van der Waals surface area contributed by atoms with E-state index in [4.69, 9.17) is 16.0 Å². The van der Waals surface area contributed by atoms with E-state index >= 15 is 0 Å². The van der Waals surface area contributed by atoms with E-state index in [0.29, 0.717) is 17.0 Å². The maximum atomic E-state index is 13.3. The molecule has 0 bridgehead atoms. The lowest BCUT2D eigenvalue weighted by Crippen LogP contribution is -1.83. The van der Waals surface area contributed by atoms with E-state index in [0.717, 1.165) is 5.56 Å². The molecule has 0 aliphatic heterocycles. The molecule has 3 aromatic rings. The molecule has 0 aliphatic rings. The molecule has 0 saturated carbocycles. The number of nitrogens with zero attached hydrogens (tertiary/aromatic N) is 1. The maximum Gasteiger partial charge on any atom is 0.293 e. The fourth-order valence-corrected chi connectivity index (χ4v) is 2.07. The van der Waals surface area contributed by atoms with Gasteiger partial charge in [-0.25, -0.2) is 4.39 Å². The zero-order chi connectivity index (χ0) is 13.2. The Labute approximate surface area is 114 Å².